The van der Waals surface area contributed by atoms with Gasteiger partial charge < -0.3 is 4.79 Å². The van der Waals surface area contributed by atoms with E-state index in [1.54, 1.807) is 6.92 Å². The second-order valence-corrected chi connectivity index (χ2v) is 6.53. The van der Waals surface area contributed by atoms with E-state index in [1.165, 1.54) is 10.6 Å². The lowest BCUT2D eigenvalue weighted by molar-refractivity contribution is -0.110. The third-order valence-corrected chi connectivity index (χ3v) is 4.56. The van der Waals surface area contributed by atoms with Crippen molar-refractivity contribution in [2.75, 3.05) is 0 Å². The predicted octanol–water partition coefficient (Wildman–Crippen LogP) is 2.23. The Labute approximate surface area is 133 Å². The maximum Gasteiger partial charge on any atom is 0.332 e. The third-order valence-electron chi connectivity index (χ3n) is 3.95. The Balaban J connectivity index is 2.42. The van der Waals surface area contributed by atoms with Gasteiger partial charge in [0.15, 0.2) is 0 Å². The zero-order chi connectivity index (χ0) is 16.0. The average Bonchev–Trinajstić information content (AvgIpc) is 3.30. The Morgan fingerprint density at radius 1 is 1.41 bits per heavy atom. The minimum absolute atomic E-state index is 0.141. The summed E-state index contributed by atoms with van der Waals surface area (Å²) in [4.78, 5) is 36.3. The maximum absolute atomic E-state index is 13.8. The Morgan fingerprint density at radius 3 is 2.68 bits per heavy atom. The van der Waals surface area contributed by atoms with Crippen LogP contribution in [0.1, 0.15) is 25.8 Å². The average molecular weight is 369 g/mol. The summed E-state index contributed by atoms with van der Waals surface area (Å²) < 4.78 is 16.3. The molecule has 0 saturated heterocycles. The quantitative estimate of drug-likeness (QED) is 0.777. The number of carbonyl (C=O) groups is 1. The van der Waals surface area contributed by atoms with Crippen LogP contribution in [0, 0.1) is 11.7 Å². The molecule has 5 nitrogen and oxygen atoms in total. The SMILES string of the molecule is CC(C=O)n1c(=O)n(CC2CC2)c(=O)c2cc(Br)c(F)cc21. The summed E-state index contributed by atoms with van der Waals surface area (Å²) in [6.45, 7) is 1.88. The molecule has 1 aromatic carbocycles. The Kier molecular flexibility index (Phi) is 3.76. The van der Waals surface area contributed by atoms with Crippen LogP contribution in [0.3, 0.4) is 0 Å². The molecule has 0 spiro atoms. The summed E-state index contributed by atoms with van der Waals surface area (Å²) in [7, 11) is 0. The van der Waals surface area contributed by atoms with Crippen LogP contribution in [0.5, 0.6) is 0 Å². The predicted molar refractivity (Wildman–Crippen MR) is 83.6 cm³/mol. The van der Waals surface area contributed by atoms with Gasteiger partial charge in [-0.1, -0.05) is 0 Å². The van der Waals surface area contributed by atoms with Gasteiger partial charge in [0.2, 0.25) is 0 Å². The van der Waals surface area contributed by atoms with E-state index in [1.807, 2.05) is 0 Å². The zero-order valence-electron chi connectivity index (χ0n) is 11.9. The molecule has 2 aromatic rings. The fraction of sp³-hybridized carbons (Fsp3) is 0.400. The molecule has 116 valence electrons. The van der Waals surface area contributed by atoms with Gasteiger partial charge in [-0.3, -0.25) is 13.9 Å². The molecule has 0 bridgehead atoms. The Hall–Kier alpha value is -1.76. The Bertz CT molecular complexity index is 883. The van der Waals surface area contributed by atoms with Crippen LogP contribution < -0.4 is 11.2 Å². The monoisotopic (exact) mass is 368 g/mol. The number of nitrogens with zero attached hydrogens (tertiary/aromatic N) is 2. The second kappa shape index (κ2) is 5.46. The van der Waals surface area contributed by atoms with Crippen molar-refractivity contribution in [3.8, 4) is 0 Å². The molecule has 1 saturated carbocycles. The molecule has 0 aliphatic heterocycles. The molecule has 1 heterocycles. The standard InChI is InChI=1S/C15H14BrFN2O3/c1-8(7-20)19-13-5-12(17)11(16)4-10(13)14(21)18(15(19)22)6-9-2-3-9/h4-5,7-9H,2-3,6H2,1H3. The molecule has 0 N–H and O–H groups in total. The molecule has 22 heavy (non-hydrogen) atoms. The lowest BCUT2D eigenvalue weighted by Gasteiger charge is -2.16. The maximum atomic E-state index is 13.8. The molecule has 1 unspecified atom stereocenters. The van der Waals surface area contributed by atoms with E-state index in [9.17, 15) is 18.8 Å². The van der Waals surface area contributed by atoms with E-state index in [0.717, 1.165) is 23.5 Å². The molecule has 1 aliphatic rings. The molecule has 1 atom stereocenters. The van der Waals surface area contributed by atoms with Crippen molar-refractivity contribution in [2.45, 2.75) is 32.4 Å². The van der Waals surface area contributed by atoms with Gasteiger partial charge in [0.1, 0.15) is 12.1 Å². The van der Waals surface area contributed by atoms with E-state index in [4.69, 9.17) is 0 Å². The van der Waals surface area contributed by atoms with Gasteiger partial charge in [-0.15, -0.1) is 0 Å². The number of rotatable bonds is 4. The fourth-order valence-corrected chi connectivity index (χ4v) is 2.89. The number of hydrogen-bond donors (Lipinski definition) is 0. The number of aromatic nitrogens is 2. The van der Waals surface area contributed by atoms with Crippen molar-refractivity contribution in [3.63, 3.8) is 0 Å². The highest BCUT2D eigenvalue weighted by Gasteiger charge is 2.25. The first-order valence-corrected chi connectivity index (χ1v) is 7.82. The number of carbonyl (C=O) groups excluding carboxylic acids is 1. The molecule has 7 heteroatoms. The van der Waals surface area contributed by atoms with E-state index in [2.05, 4.69) is 15.9 Å². The largest absolute Gasteiger partial charge is 0.332 e. The van der Waals surface area contributed by atoms with E-state index >= 15 is 0 Å². The first-order valence-electron chi connectivity index (χ1n) is 7.03. The van der Waals surface area contributed by atoms with Crippen LogP contribution in [0.15, 0.2) is 26.2 Å². The Morgan fingerprint density at radius 2 is 2.09 bits per heavy atom. The van der Waals surface area contributed by atoms with Crippen LogP contribution in [-0.2, 0) is 11.3 Å². The van der Waals surface area contributed by atoms with Crippen molar-refractivity contribution in [1.82, 2.24) is 9.13 Å². The van der Waals surface area contributed by atoms with E-state index in [0.29, 0.717) is 18.7 Å². The summed E-state index contributed by atoms with van der Waals surface area (Å²) in [5, 5.41) is 0.224. The van der Waals surface area contributed by atoms with Gasteiger partial charge in [0, 0.05) is 6.54 Å². The number of aldehydes is 1. The summed E-state index contributed by atoms with van der Waals surface area (Å²) >= 11 is 3.06. The summed E-state index contributed by atoms with van der Waals surface area (Å²) in [6, 6.07) is 1.70. The molecule has 3 rings (SSSR count). The van der Waals surface area contributed by atoms with Gasteiger partial charge in [-0.25, -0.2) is 9.18 Å². The second-order valence-electron chi connectivity index (χ2n) is 5.67. The molecule has 1 aliphatic carbocycles. The normalized spacial score (nSPS) is 16.0. The van der Waals surface area contributed by atoms with Gasteiger partial charge in [0.05, 0.1) is 21.4 Å². The highest BCUT2D eigenvalue weighted by Crippen LogP contribution is 2.30. The van der Waals surface area contributed by atoms with Crippen LogP contribution in [0.2, 0.25) is 0 Å². The smallest absolute Gasteiger partial charge is 0.301 e. The first kappa shape index (κ1) is 15.1. The topological polar surface area (TPSA) is 61.1 Å². The van der Waals surface area contributed by atoms with Crippen molar-refractivity contribution in [2.24, 2.45) is 5.92 Å². The van der Waals surface area contributed by atoms with Crippen molar-refractivity contribution in [1.29, 1.82) is 0 Å². The minimum atomic E-state index is -0.776. The molecule has 1 fully saturated rings. The van der Waals surface area contributed by atoms with Crippen LogP contribution in [0.25, 0.3) is 10.9 Å². The van der Waals surface area contributed by atoms with Gasteiger partial charge in [-0.05, 0) is 53.7 Å². The lowest BCUT2D eigenvalue weighted by atomic mass is 10.2. The van der Waals surface area contributed by atoms with E-state index < -0.39 is 23.1 Å². The van der Waals surface area contributed by atoms with Crippen molar-refractivity contribution < 1.29 is 9.18 Å². The highest BCUT2D eigenvalue weighted by atomic mass is 79.9. The number of halogens is 2. The lowest BCUT2D eigenvalue weighted by Crippen LogP contribution is -2.41. The number of hydrogen-bond acceptors (Lipinski definition) is 3. The highest BCUT2D eigenvalue weighted by molar-refractivity contribution is 9.10. The van der Waals surface area contributed by atoms with Crippen LogP contribution >= 0.6 is 15.9 Å². The number of benzene rings is 1. The summed E-state index contributed by atoms with van der Waals surface area (Å²) in [6.07, 6.45) is 2.58. The first-order chi connectivity index (χ1) is 10.4. The minimum Gasteiger partial charge on any atom is -0.301 e. The van der Waals surface area contributed by atoms with Crippen molar-refractivity contribution >= 4 is 33.1 Å². The van der Waals surface area contributed by atoms with E-state index in [-0.39, 0.29) is 15.4 Å². The van der Waals surface area contributed by atoms with Crippen LogP contribution in [0.4, 0.5) is 4.39 Å². The molecule has 1 aromatic heterocycles. The molecular weight excluding hydrogens is 355 g/mol. The van der Waals surface area contributed by atoms with Crippen molar-refractivity contribution in [3.05, 3.63) is 43.3 Å². The summed E-state index contributed by atoms with van der Waals surface area (Å²) in [5.74, 6) is -0.259. The van der Waals surface area contributed by atoms with Gasteiger partial charge in [-0.2, -0.15) is 0 Å². The van der Waals surface area contributed by atoms with Gasteiger partial charge >= 0.3 is 5.69 Å². The fourth-order valence-electron chi connectivity index (χ4n) is 2.55. The van der Waals surface area contributed by atoms with Gasteiger partial charge in [0.25, 0.3) is 5.56 Å². The molecular formula is C15H14BrFN2O3. The van der Waals surface area contributed by atoms with Crippen LogP contribution in [-0.4, -0.2) is 15.4 Å². The third kappa shape index (κ3) is 2.43. The zero-order valence-corrected chi connectivity index (χ0v) is 13.5. The number of fused-ring (bicyclic) bond motifs is 1. The summed E-state index contributed by atoms with van der Waals surface area (Å²) in [5.41, 5.74) is -0.866. The molecule has 0 radical (unpaired) electrons. The molecule has 0 amide bonds.